The fourth-order valence-electron chi connectivity index (χ4n) is 2.37. The molecular formula is C16H18FNO4. The maximum atomic E-state index is 12.8. The van der Waals surface area contributed by atoms with Crippen LogP contribution in [0.3, 0.4) is 0 Å². The molecule has 0 saturated carbocycles. The molecule has 1 aromatic carbocycles. The Morgan fingerprint density at radius 2 is 1.91 bits per heavy atom. The van der Waals surface area contributed by atoms with Gasteiger partial charge in [0.2, 0.25) is 5.91 Å². The number of amides is 1. The van der Waals surface area contributed by atoms with Gasteiger partial charge in [0, 0.05) is 25.3 Å². The number of rotatable bonds is 5. The number of ether oxygens (including phenoxy) is 1. The number of nitrogens with zero attached hydrogens (tertiary/aromatic N) is 1. The Labute approximate surface area is 128 Å². The van der Waals surface area contributed by atoms with E-state index in [-0.39, 0.29) is 24.3 Å². The lowest BCUT2D eigenvalue weighted by Gasteiger charge is -2.32. The molecule has 1 amide bonds. The molecule has 6 heteroatoms. The molecule has 118 valence electrons. The number of aliphatic carboxylic acids is 1. The van der Waals surface area contributed by atoms with E-state index in [2.05, 4.69) is 0 Å². The van der Waals surface area contributed by atoms with Crippen LogP contribution in [-0.4, -0.2) is 47.7 Å². The zero-order valence-electron chi connectivity index (χ0n) is 12.1. The van der Waals surface area contributed by atoms with Gasteiger partial charge in [0.25, 0.3) is 0 Å². The van der Waals surface area contributed by atoms with Crippen LogP contribution in [0, 0.1) is 5.82 Å². The van der Waals surface area contributed by atoms with Gasteiger partial charge in [0.15, 0.2) is 0 Å². The third kappa shape index (κ3) is 4.66. The smallest absolute Gasteiger partial charge is 0.323 e. The second-order valence-corrected chi connectivity index (χ2v) is 5.09. The van der Waals surface area contributed by atoms with Crippen molar-refractivity contribution in [2.75, 3.05) is 19.8 Å². The summed E-state index contributed by atoms with van der Waals surface area (Å²) in [6.07, 6.45) is 4.13. The van der Waals surface area contributed by atoms with Crippen molar-refractivity contribution in [1.29, 1.82) is 0 Å². The van der Waals surface area contributed by atoms with E-state index in [4.69, 9.17) is 9.84 Å². The molecule has 0 atom stereocenters. The molecule has 0 spiro atoms. The molecule has 2 rings (SSSR count). The first-order valence-corrected chi connectivity index (χ1v) is 7.10. The van der Waals surface area contributed by atoms with Crippen molar-refractivity contribution in [3.63, 3.8) is 0 Å². The molecule has 1 aliphatic heterocycles. The molecule has 5 nitrogen and oxygen atoms in total. The highest BCUT2D eigenvalue weighted by Gasteiger charge is 2.26. The van der Waals surface area contributed by atoms with E-state index in [0.29, 0.717) is 31.6 Å². The van der Waals surface area contributed by atoms with Crippen LogP contribution in [0.5, 0.6) is 0 Å². The molecular weight excluding hydrogens is 289 g/mol. The van der Waals surface area contributed by atoms with Crippen molar-refractivity contribution in [3.8, 4) is 0 Å². The van der Waals surface area contributed by atoms with E-state index >= 15 is 0 Å². The molecule has 1 aliphatic rings. The molecule has 22 heavy (non-hydrogen) atoms. The van der Waals surface area contributed by atoms with Crippen molar-refractivity contribution in [1.82, 2.24) is 4.90 Å². The van der Waals surface area contributed by atoms with Crippen LogP contribution in [0.15, 0.2) is 30.3 Å². The monoisotopic (exact) mass is 307 g/mol. The minimum absolute atomic E-state index is 0.129. The van der Waals surface area contributed by atoms with E-state index in [0.717, 1.165) is 0 Å². The number of halogens is 1. The SMILES string of the molecule is O=C(O)CN(C(=O)/C=C/c1ccc(F)cc1)C1CCOCC1. The first kappa shape index (κ1) is 16.2. The normalized spacial score (nSPS) is 15.9. The lowest BCUT2D eigenvalue weighted by molar-refractivity contribution is -0.145. The predicted octanol–water partition coefficient (Wildman–Crippen LogP) is 1.93. The number of benzene rings is 1. The Hall–Kier alpha value is -2.21. The van der Waals surface area contributed by atoms with Gasteiger partial charge in [0.05, 0.1) is 0 Å². The summed E-state index contributed by atoms with van der Waals surface area (Å²) in [6, 6.07) is 5.58. The van der Waals surface area contributed by atoms with Crippen LogP contribution in [0.25, 0.3) is 6.08 Å². The summed E-state index contributed by atoms with van der Waals surface area (Å²) in [6.45, 7) is 0.711. The largest absolute Gasteiger partial charge is 0.480 e. The summed E-state index contributed by atoms with van der Waals surface area (Å²) in [5, 5.41) is 8.99. The Kier molecular flexibility index (Phi) is 5.66. The summed E-state index contributed by atoms with van der Waals surface area (Å²) in [7, 11) is 0. The van der Waals surface area contributed by atoms with Gasteiger partial charge < -0.3 is 14.7 Å². The number of carbonyl (C=O) groups is 2. The molecule has 1 heterocycles. The third-order valence-electron chi connectivity index (χ3n) is 3.51. The quantitative estimate of drug-likeness (QED) is 0.844. The molecule has 1 saturated heterocycles. The molecule has 0 radical (unpaired) electrons. The first-order valence-electron chi connectivity index (χ1n) is 7.10. The minimum atomic E-state index is -1.05. The average molecular weight is 307 g/mol. The van der Waals surface area contributed by atoms with Gasteiger partial charge in [-0.1, -0.05) is 12.1 Å². The molecule has 0 unspecified atom stereocenters. The summed E-state index contributed by atoms with van der Waals surface area (Å²) < 4.78 is 18.1. The molecule has 0 aliphatic carbocycles. The maximum Gasteiger partial charge on any atom is 0.323 e. The molecule has 0 bridgehead atoms. The van der Waals surface area contributed by atoms with Gasteiger partial charge in [-0.15, -0.1) is 0 Å². The summed E-state index contributed by atoms with van der Waals surface area (Å²) in [5.74, 6) is -1.76. The van der Waals surface area contributed by atoms with E-state index in [1.165, 1.54) is 23.1 Å². The van der Waals surface area contributed by atoms with Gasteiger partial charge in [0.1, 0.15) is 12.4 Å². The third-order valence-corrected chi connectivity index (χ3v) is 3.51. The van der Waals surface area contributed by atoms with E-state index < -0.39 is 5.97 Å². The van der Waals surface area contributed by atoms with Crippen LogP contribution in [0.4, 0.5) is 4.39 Å². The van der Waals surface area contributed by atoms with Crippen molar-refractivity contribution < 1.29 is 23.8 Å². The van der Waals surface area contributed by atoms with Crippen molar-refractivity contribution >= 4 is 18.0 Å². The lowest BCUT2D eigenvalue weighted by Crippen LogP contribution is -2.45. The Morgan fingerprint density at radius 3 is 2.50 bits per heavy atom. The number of carboxylic acids is 1. The zero-order valence-corrected chi connectivity index (χ0v) is 12.1. The number of carboxylic acid groups (broad SMARTS) is 1. The van der Waals surface area contributed by atoms with Crippen LogP contribution in [0.1, 0.15) is 18.4 Å². The van der Waals surface area contributed by atoms with Gasteiger partial charge in [-0.2, -0.15) is 0 Å². The fourth-order valence-corrected chi connectivity index (χ4v) is 2.37. The molecule has 0 aromatic heterocycles. The number of carbonyl (C=O) groups excluding carboxylic acids is 1. The topological polar surface area (TPSA) is 66.8 Å². The van der Waals surface area contributed by atoms with Crippen LogP contribution in [-0.2, 0) is 14.3 Å². The second-order valence-electron chi connectivity index (χ2n) is 5.09. The first-order chi connectivity index (χ1) is 10.6. The van der Waals surface area contributed by atoms with Gasteiger partial charge in [-0.05, 0) is 36.6 Å². The highest BCUT2D eigenvalue weighted by Crippen LogP contribution is 2.15. The van der Waals surface area contributed by atoms with Crippen molar-refractivity contribution in [2.24, 2.45) is 0 Å². The second kappa shape index (κ2) is 7.70. The van der Waals surface area contributed by atoms with Gasteiger partial charge >= 0.3 is 5.97 Å². The maximum absolute atomic E-state index is 12.8. The van der Waals surface area contributed by atoms with Crippen LogP contribution < -0.4 is 0 Å². The average Bonchev–Trinajstić information content (AvgIpc) is 2.52. The molecule has 1 fully saturated rings. The van der Waals surface area contributed by atoms with Crippen LogP contribution >= 0.6 is 0 Å². The highest BCUT2D eigenvalue weighted by atomic mass is 19.1. The fraction of sp³-hybridized carbons (Fsp3) is 0.375. The van der Waals surface area contributed by atoms with Gasteiger partial charge in [-0.25, -0.2) is 4.39 Å². The van der Waals surface area contributed by atoms with Crippen LogP contribution in [0.2, 0.25) is 0 Å². The van der Waals surface area contributed by atoms with E-state index in [1.807, 2.05) is 0 Å². The standard InChI is InChI=1S/C16H18FNO4/c17-13-4-1-12(2-5-13)3-6-15(19)18(11-16(20)21)14-7-9-22-10-8-14/h1-6,14H,7-11H2,(H,20,21)/b6-3+. The Bertz CT molecular complexity index is 550. The Morgan fingerprint density at radius 1 is 1.27 bits per heavy atom. The minimum Gasteiger partial charge on any atom is -0.480 e. The lowest BCUT2D eigenvalue weighted by atomic mass is 10.1. The van der Waals surface area contributed by atoms with E-state index in [1.54, 1.807) is 18.2 Å². The molecule has 1 aromatic rings. The van der Waals surface area contributed by atoms with E-state index in [9.17, 15) is 14.0 Å². The zero-order chi connectivity index (χ0) is 15.9. The number of hydrogen-bond donors (Lipinski definition) is 1. The molecule has 1 N–H and O–H groups in total. The summed E-state index contributed by atoms with van der Waals surface area (Å²) in [4.78, 5) is 24.6. The number of hydrogen-bond acceptors (Lipinski definition) is 3. The Balaban J connectivity index is 2.07. The van der Waals surface area contributed by atoms with Crippen molar-refractivity contribution in [3.05, 3.63) is 41.7 Å². The highest BCUT2D eigenvalue weighted by molar-refractivity contribution is 5.93. The van der Waals surface area contributed by atoms with Gasteiger partial charge in [-0.3, -0.25) is 9.59 Å². The van der Waals surface area contributed by atoms with Crippen molar-refractivity contribution in [2.45, 2.75) is 18.9 Å². The predicted molar refractivity (Wildman–Crippen MR) is 78.6 cm³/mol. The summed E-state index contributed by atoms with van der Waals surface area (Å²) in [5.41, 5.74) is 0.678. The summed E-state index contributed by atoms with van der Waals surface area (Å²) >= 11 is 0.